The molecule has 2 heteroatoms. The van der Waals surface area contributed by atoms with Crippen LogP contribution < -0.4 is 0 Å². The Hall–Kier alpha value is -2.53. The van der Waals surface area contributed by atoms with Crippen LogP contribution in [-0.4, -0.2) is 11.1 Å². The molecule has 2 aromatic rings. The van der Waals surface area contributed by atoms with Crippen LogP contribution in [0.2, 0.25) is 0 Å². The first kappa shape index (κ1) is 15.9. The summed E-state index contributed by atoms with van der Waals surface area (Å²) < 4.78 is 0. The summed E-state index contributed by atoms with van der Waals surface area (Å²) in [5, 5.41) is 9.60. The number of benzene rings is 2. The van der Waals surface area contributed by atoms with Gasteiger partial charge in [0, 0.05) is 5.56 Å². The summed E-state index contributed by atoms with van der Waals surface area (Å²) in [5.41, 5.74) is 1.85. The minimum atomic E-state index is -0.800. The molecule has 0 amide bonds. The Bertz CT molecular complexity index is 663. The molecule has 2 aromatic carbocycles. The van der Waals surface area contributed by atoms with Gasteiger partial charge < -0.3 is 5.11 Å². The van der Waals surface area contributed by atoms with E-state index in [4.69, 9.17) is 0 Å². The minimum absolute atomic E-state index is 0.00720. The second-order valence-corrected chi connectivity index (χ2v) is 5.63. The van der Waals surface area contributed by atoms with E-state index in [1.54, 1.807) is 0 Å². The first-order chi connectivity index (χ1) is 10.6. The third kappa shape index (κ3) is 3.99. The van der Waals surface area contributed by atoms with E-state index in [2.05, 4.69) is 11.8 Å². The maximum atomic E-state index is 11.7. The van der Waals surface area contributed by atoms with Crippen LogP contribution in [0.1, 0.15) is 30.9 Å². The lowest BCUT2D eigenvalue weighted by atomic mass is 9.79. The molecule has 0 bridgehead atoms. The molecule has 2 atom stereocenters. The Morgan fingerprint density at radius 3 is 2.00 bits per heavy atom. The summed E-state index contributed by atoms with van der Waals surface area (Å²) in [7, 11) is 0. The van der Waals surface area contributed by atoms with Crippen LogP contribution in [0.15, 0.2) is 60.7 Å². The molecule has 1 unspecified atom stereocenters. The van der Waals surface area contributed by atoms with Crippen LogP contribution in [-0.2, 0) is 4.79 Å². The lowest BCUT2D eigenvalue weighted by molar-refractivity contribution is -0.143. The van der Waals surface area contributed by atoms with Crippen LogP contribution in [0.25, 0.3) is 0 Å². The number of rotatable bonds is 4. The van der Waals surface area contributed by atoms with Gasteiger partial charge in [-0.15, -0.1) is 0 Å². The first-order valence-corrected chi connectivity index (χ1v) is 7.44. The number of aliphatic carboxylic acids is 1. The van der Waals surface area contributed by atoms with Gasteiger partial charge in [-0.3, -0.25) is 4.79 Å². The van der Waals surface area contributed by atoms with E-state index >= 15 is 0 Å². The average Bonchev–Trinajstić information content (AvgIpc) is 2.52. The summed E-state index contributed by atoms with van der Waals surface area (Å²) in [4.78, 5) is 11.7. The summed E-state index contributed by atoms with van der Waals surface area (Å²) in [5.74, 6) is 4.66. The second kappa shape index (κ2) is 7.47. The van der Waals surface area contributed by atoms with E-state index in [9.17, 15) is 9.90 Å². The predicted octanol–water partition coefficient (Wildman–Crippen LogP) is 4.18. The van der Waals surface area contributed by atoms with Crippen molar-refractivity contribution in [2.45, 2.75) is 19.8 Å². The molecular formula is C20H20O2. The summed E-state index contributed by atoms with van der Waals surface area (Å²) in [6, 6.07) is 19.3. The first-order valence-electron chi connectivity index (χ1n) is 7.44. The topological polar surface area (TPSA) is 37.3 Å². The number of carbonyl (C=O) groups is 1. The normalized spacial score (nSPS) is 13.0. The molecule has 22 heavy (non-hydrogen) atoms. The van der Waals surface area contributed by atoms with Gasteiger partial charge in [-0.05, 0) is 23.6 Å². The molecule has 0 spiro atoms. The molecule has 112 valence electrons. The number of hydrogen-bond donors (Lipinski definition) is 1. The van der Waals surface area contributed by atoms with Crippen molar-refractivity contribution in [2.75, 3.05) is 0 Å². The third-order valence-electron chi connectivity index (χ3n) is 3.67. The quantitative estimate of drug-likeness (QED) is 0.858. The molecule has 0 fully saturated rings. The molecule has 1 N–H and O–H groups in total. The van der Waals surface area contributed by atoms with Gasteiger partial charge in [0.1, 0.15) is 0 Å². The van der Waals surface area contributed by atoms with Crippen LogP contribution in [0.5, 0.6) is 0 Å². The maximum Gasteiger partial charge on any atom is 0.308 e. The van der Waals surface area contributed by atoms with Crippen LogP contribution in [0, 0.1) is 23.7 Å². The van der Waals surface area contributed by atoms with Gasteiger partial charge in [-0.2, -0.15) is 0 Å². The third-order valence-corrected chi connectivity index (χ3v) is 3.67. The van der Waals surface area contributed by atoms with Gasteiger partial charge in [0.2, 0.25) is 0 Å². The molecule has 0 heterocycles. The fourth-order valence-corrected chi connectivity index (χ4v) is 2.54. The van der Waals surface area contributed by atoms with Crippen molar-refractivity contribution in [1.82, 2.24) is 0 Å². The molecule has 2 rings (SSSR count). The minimum Gasteiger partial charge on any atom is -0.481 e. The highest BCUT2D eigenvalue weighted by Crippen LogP contribution is 2.30. The second-order valence-electron chi connectivity index (χ2n) is 5.63. The molecule has 0 aliphatic rings. The largest absolute Gasteiger partial charge is 0.481 e. The van der Waals surface area contributed by atoms with Crippen LogP contribution in [0.3, 0.4) is 0 Å². The van der Waals surface area contributed by atoms with Gasteiger partial charge in [0.05, 0.1) is 11.8 Å². The smallest absolute Gasteiger partial charge is 0.308 e. The fourth-order valence-electron chi connectivity index (χ4n) is 2.54. The Kier molecular flexibility index (Phi) is 5.38. The molecule has 0 aliphatic heterocycles. The van der Waals surface area contributed by atoms with Gasteiger partial charge in [-0.1, -0.05) is 74.2 Å². The number of carboxylic acids is 1. The number of hydrogen-bond acceptors (Lipinski definition) is 1. The monoisotopic (exact) mass is 292 g/mol. The van der Waals surface area contributed by atoms with Crippen LogP contribution >= 0.6 is 0 Å². The highest BCUT2D eigenvalue weighted by Gasteiger charge is 2.31. The highest BCUT2D eigenvalue weighted by molar-refractivity contribution is 5.72. The van der Waals surface area contributed by atoms with Crippen molar-refractivity contribution in [3.8, 4) is 11.8 Å². The van der Waals surface area contributed by atoms with E-state index in [1.807, 2.05) is 74.5 Å². The number of carboxylic acid groups (broad SMARTS) is 1. The molecule has 0 radical (unpaired) electrons. The van der Waals surface area contributed by atoms with Gasteiger partial charge in [-0.25, -0.2) is 0 Å². The van der Waals surface area contributed by atoms with Crippen molar-refractivity contribution in [3.05, 3.63) is 71.8 Å². The zero-order chi connectivity index (χ0) is 15.9. The maximum absolute atomic E-state index is 11.7. The zero-order valence-corrected chi connectivity index (χ0v) is 12.9. The Balaban J connectivity index is 2.42. The molecule has 0 saturated heterocycles. The zero-order valence-electron chi connectivity index (χ0n) is 12.9. The van der Waals surface area contributed by atoms with Gasteiger partial charge in [0.15, 0.2) is 0 Å². The Morgan fingerprint density at radius 1 is 0.955 bits per heavy atom. The van der Waals surface area contributed by atoms with Gasteiger partial charge >= 0.3 is 5.97 Å². The van der Waals surface area contributed by atoms with Crippen molar-refractivity contribution >= 4 is 5.97 Å². The predicted molar refractivity (Wildman–Crippen MR) is 88.5 cm³/mol. The standard InChI is InChI=1S/C20H20O2/c1-15(2)19(20(21)22)18(17-11-7-4-8-12-17)14-13-16-9-5-3-6-10-16/h3-12,15,18-19H,1-2H3,(H,21,22)/t18-,19?/m1/s1. The molecule has 0 saturated carbocycles. The molecule has 0 aromatic heterocycles. The van der Waals surface area contributed by atoms with Crippen molar-refractivity contribution < 1.29 is 9.90 Å². The average molecular weight is 292 g/mol. The van der Waals surface area contributed by atoms with E-state index in [0.29, 0.717) is 0 Å². The SMILES string of the molecule is CC(C)C(C(=O)O)[C@H](C#Cc1ccccc1)c1ccccc1. The van der Waals surface area contributed by atoms with Crippen LogP contribution in [0.4, 0.5) is 0 Å². The van der Waals surface area contributed by atoms with Crippen molar-refractivity contribution in [1.29, 1.82) is 0 Å². The van der Waals surface area contributed by atoms with Crippen molar-refractivity contribution in [2.24, 2.45) is 11.8 Å². The molecule has 0 aliphatic carbocycles. The lowest BCUT2D eigenvalue weighted by Gasteiger charge is -2.23. The van der Waals surface area contributed by atoms with Gasteiger partial charge in [0.25, 0.3) is 0 Å². The van der Waals surface area contributed by atoms with E-state index in [1.165, 1.54) is 0 Å². The Morgan fingerprint density at radius 2 is 1.50 bits per heavy atom. The molecular weight excluding hydrogens is 272 g/mol. The molecule has 2 nitrogen and oxygen atoms in total. The summed E-state index contributed by atoms with van der Waals surface area (Å²) in [6.45, 7) is 3.86. The van der Waals surface area contributed by atoms with Crippen molar-refractivity contribution in [3.63, 3.8) is 0 Å². The van der Waals surface area contributed by atoms with E-state index in [-0.39, 0.29) is 11.8 Å². The lowest BCUT2D eigenvalue weighted by Crippen LogP contribution is -2.26. The summed E-state index contributed by atoms with van der Waals surface area (Å²) >= 11 is 0. The fraction of sp³-hybridized carbons (Fsp3) is 0.250. The Labute approximate surface area is 131 Å². The van der Waals surface area contributed by atoms with E-state index < -0.39 is 11.9 Å². The highest BCUT2D eigenvalue weighted by atomic mass is 16.4. The van der Waals surface area contributed by atoms with E-state index in [0.717, 1.165) is 11.1 Å². The summed E-state index contributed by atoms with van der Waals surface area (Å²) in [6.07, 6.45) is 0.